The van der Waals surface area contributed by atoms with Gasteiger partial charge in [-0.15, -0.1) is 11.3 Å². The topological polar surface area (TPSA) is 69.0 Å². The standard InChI is InChI=1S/C20H14F2N2O3S2/c21-20(22)29(26,27)14-9-7-13(8-10-14)12-24-19(25)16-5-2-1-4-15(16)18(23-24)17-6-3-11-28-17/h1-11,20H,12H2. The zero-order valence-electron chi connectivity index (χ0n) is 14.8. The number of benzene rings is 2. The van der Waals surface area contributed by atoms with Crippen LogP contribution in [0.3, 0.4) is 0 Å². The first-order chi connectivity index (χ1) is 13.9. The van der Waals surface area contributed by atoms with E-state index in [-0.39, 0.29) is 12.1 Å². The van der Waals surface area contributed by atoms with E-state index >= 15 is 0 Å². The molecule has 0 saturated heterocycles. The van der Waals surface area contributed by atoms with Crippen molar-refractivity contribution < 1.29 is 17.2 Å². The second-order valence-corrected chi connectivity index (χ2v) is 9.15. The Morgan fingerprint density at radius 1 is 0.966 bits per heavy atom. The van der Waals surface area contributed by atoms with Crippen LogP contribution in [-0.4, -0.2) is 24.0 Å². The molecular weight excluding hydrogens is 418 g/mol. The lowest BCUT2D eigenvalue weighted by Crippen LogP contribution is -2.24. The van der Waals surface area contributed by atoms with Crippen molar-refractivity contribution in [1.82, 2.24) is 9.78 Å². The van der Waals surface area contributed by atoms with Crippen LogP contribution in [0.5, 0.6) is 0 Å². The van der Waals surface area contributed by atoms with Crippen molar-refractivity contribution in [1.29, 1.82) is 0 Å². The lowest BCUT2D eigenvalue weighted by molar-refractivity contribution is 0.234. The van der Waals surface area contributed by atoms with E-state index in [0.29, 0.717) is 16.6 Å². The molecule has 0 aliphatic heterocycles. The van der Waals surface area contributed by atoms with Gasteiger partial charge in [0.2, 0.25) is 9.84 Å². The zero-order valence-corrected chi connectivity index (χ0v) is 16.5. The summed E-state index contributed by atoms with van der Waals surface area (Å²) >= 11 is 1.50. The highest BCUT2D eigenvalue weighted by Crippen LogP contribution is 2.28. The van der Waals surface area contributed by atoms with Gasteiger partial charge in [-0.2, -0.15) is 13.9 Å². The van der Waals surface area contributed by atoms with Crippen LogP contribution in [0.4, 0.5) is 8.78 Å². The summed E-state index contributed by atoms with van der Waals surface area (Å²) in [7, 11) is -4.66. The van der Waals surface area contributed by atoms with Gasteiger partial charge in [-0.1, -0.05) is 36.4 Å². The molecule has 0 radical (unpaired) electrons. The largest absolute Gasteiger partial charge is 0.341 e. The molecule has 29 heavy (non-hydrogen) atoms. The highest BCUT2D eigenvalue weighted by molar-refractivity contribution is 7.91. The molecule has 9 heteroatoms. The van der Waals surface area contributed by atoms with E-state index in [1.807, 2.05) is 29.6 Å². The smallest absolute Gasteiger partial charge is 0.267 e. The summed E-state index contributed by atoms with van der Waals surface area (Å²) in [5, 5.41) is 7.70. The zero-order chi connectivity index (χ0) is 20.6. The molecule has 0 bridgehead atoms. The minimum atomic E-state index is -4.66. The van der Waals surface area contributed by atoms with Crippen LogP contribution >= 0.6 is 11.3 Å². The monoisotopic (exact) mass is 432 g/mol. The quantitative estimate of drug-likeness (QED) is 0.475. The number of halogens is 2. The van der Waals surface area contributed by atoms with Gasteiger partial charge in [-0.25, -0.2) is 13.1 Å². The molecule has 0 spiro atoms. The summed E-state index contributed by atoms with van der Waals surface area (Å²) in [5.41, 5.74) is 0.956. The van der Waals surface area contributed by atoms with Crippen molar-refractivity contribution in [3.05, 3.63) is 82.0 Å². The minimum Gasteiger partial charge on any atom is -0.267 e. The Labute approximate surface area is 168 Å². The molecule has 0 amide bonds. The van der Waals surface area contributed by atoms with Crippen molar-refractivity contribution in [3.8, 4) is 10.6 Å². The summed E-state index contributed by atoms with van der Waals surface area (Å²) in [6, 6.07) is 16.0. The number of rotatable bonds is 5. The Hall–Kier alpha value is -2.91. The molecule has 5 nitrogen and oxygen atoms in total. The van der Waals surface area contributed by atoms with Gasteiger partial charge in [0.25, 0.3) is 5.56 Å². The van der Waals surface area contributed by atoms with Gasteiger partial charge in [0.05, 0.1) is 21.7 Å². The number of hydrogen-bond donors (Lipinski definition) is 0. The predicted molar refractivity (Wildman–Crippen MR) is 108 cm³/mol. The van der Waals surface area contributed by atoms with Gasteiger partial charge in [-0.05, 0) is 35.2 Å². The summed E-state index contributed by atoms with van der Waals surface area (Å²) in [5.74, 6) is -3.48. The molecule has 0 N–H and O–H groups in total. The molecule has 0 aliphatic rings. The number of thiophene rings is 1. The lowest BCUT2D eigenvalue weighted by Gasteiger charge is -2.11. The second-order valence-electron chi connectivity index (χ2n) is 6.28. The molecule has 2 heterocycles. The number of aromatic nitrogens is 2. The van der Waals surface area contributed by atoms with Gasteiger partial charge >= 0.3 is 5.76 Å². The third kappa shape index (κ3) is 3.58. The molecule has 0 aliphatic carbocycles. The first kappa shape index (κ1) is 19.4. The first-order valence-electron chi connectivity index (χ1n) is 8.52. The van der Waals surface area contributed by atoms with Gasteiger partial charge in [-0.3, -0.25) is 4.79 Å². The summed E-state index contributed by atoms with van der Waals surface area (Å²) in [6.45, 7) is 0.0804. The maximum absolute atomic E-state index is 12.9. The number of hydrogen-bond acceptors (Lipinski definition) is 5. The van der Waals surface area contributed by atoms with E-state index in [2.05, 4.69) is 5.10 Å². The fourth-order valence-corrected chi connectivity index (χ4v) is 4.44. The number of nitrogens with zero attached hydrogens (tertiary/aromatic N) is 2. The summed E-state index contributed by atoms with van der Waals surface area (Å²) in [4.78, 5) is 13.3. The Morgan fingerprint density at radius 3 is 2.28 bits per heavy atom. The molecule has 2 aromatic carbocycles. The van der Waals surface area contributed by atoms with E-state index in [9.17, 15) is 22.0 Å². The van der Waals surface area contributed by atoms with Gasteiger partial charge in [0, 0.05) is 5.39 Å². The molecule has 0 unspecified atom stereocenters. The van der Waals surface area contributed by atoms with Crippen molar-refractivity contribution in [2.45, 2.75) is 17.2 Å². The Balaban J connectivity index is 1.77. The highest BCUT2D eigenvalue weighted by atomic mass is 32.2. The van der Waals surface area contributed by atoms with E-state index < -0.39 is 20.5 Å². The summed E-state index contributed by atoms with van der Waals surface area (Å²) in [6.07, 6.45) is 0. The van der Waals surface area contributed by atoms with E-state index in [0.717, 1.165) is 22.4 Å². The van der Waals surface area contributed by atoms with Crippen LogP contribution in [0, 0.1) is 0 Å². The van der Waals surface area contributed by atoms with Crippen LogP contribution in [0.15, 0.2) is 75.7 Å². The van der Waals surface area contributed by atoms with Gasteiger partial charge < -0.3 is 0 Å². The average Bonchev–Trinajstić information content (AvgIpc) is 3.25. The molecule has 148 valence electrons. The SMILES string of the molecule is O=c1c2ccccc2c(-c2cccs2)nn1Cc1ccc(S(=O)(=O)C(F)F)cc1. The normalized spacial score (nSPS) is 12.0. The molecule has 0 saturated carbocycles. The highest BCUT2D eigenvalue weighted by Gasteiger charge is 2.26. The van der Waals surface area contributed by atoms with Crippen molar-refractivity contribution >= 4 is 31.9 Å². The molecule has 0 atom stereocenters. The third-order valence-corrected chi connectivity index (χ3v) is 6.72. The van der Waals surface area contributed by atoms with Gasteiger partial charge in [0.1, 0.15) is 5.69 Å². The van der Waals surface area contributed by atoms with Crippen molar-refractivity contribution in [3.63, 3.8) is 0 Å². The Kier molecular flexibility index (Phi) is 5.01. The minimum absolute atomic E-state index is 0.0804. The third-order valence-electron chi connectivity index (χ3n) is 4.44. The molecule has 0 fully saturated rings. The van der Waals surface area contributed by atoms with Crippen LogP contribution < -0.4 is 5.56 Å². The molecular formula is C20H14F2N2O3S2. The van der Waals surface area contributed by atoms with Crippen LogP contribution in [-0.2, 0) is 16.4 Å². The fraction of sp³-hybridized carbons (Fsp3) is 0.100. The van der Waals surface area contributed by atoms with Crippen LogP contribution in [0.2, 0.25) is 0 Å². The van der Waals surface area contributed by atoms with Crippen LogP contribution in [0.1, 0.15) is 5.56 Å². The maximum atomic E-state index is 12.9. The second kappa shape index (κ2) is 7.49. The van der Waals surface area contributed by atoms with Crippen LogP contribution in [0.25, 0.3) is 21.3 Å². The Morgan fingerprint density at radius 2 is 1.66 bits per heavy atom. The first-order valence-corrected chi connectivity index (χ1v) is 11.0. The van der Waals surface area contributed by atoms with E-state index in [1.54, 1.807) is 12.1 Å². The maximum Gasteiger partial charge on any atom is 0.341 e. The molecule has 2 aromatic heterocycles. The number of fused-ring (bicyclic) bond motifs is 1. The molecule has 4 rings (SSSR count). The fourth-order valence-electron chi connectivity index (χ4n) is 3.00. The lowest BCUT2D eigenvalue weighted by atomic mass is 10.1. The van der Waals surface area contributed by atoms with Crippen molar-refractivity contribution in [2.75, 3.05) is 0 Å². The Bertz CT molecular complexity index is 1330. The molecule has 4 aromatic rings. The van der Waals surface area contributed by atoms with E-state index in [1.165, 1.54) is 28.2 Å². The number of sulfone groups is 1. The predicted octanol–water partition coefficient (Wildman–Crippen LogP) is 4.17. The average molecular weight is 432 g/mol. The van der Waals surface area contributed by atoms with Gasteiger partial charge in [0.15, 0.2) is 0 Å². The van der Waals surface area contributed by atoms with E-state index in [4.69, 9.17) is 0 Å². The number of alkyl halides is 2. The van der Waals surface area contributed by atoms with Crippen molar-refractivity contribution in [2.24, 2.45) is 0 Å². The summed E-state index contributed by atoms with van der Waals surface area (Å²) < 4.78 is 49.8.